The number of benzene rings is 1. The van der Waals surface area contributed by atoms with Crippen LogP contribution in [0, 0.1) is 11.7 Å². The molecule has 0 bridgehead atoms. The van der Waals surface area contributed by atoms with Crippen molar-refractivity contribution in [1.29, 1.82) is 0 Å². The topological polar surface area (TPSA) is 65.2 Å². The first-order valence-corrected chi connectivity index (χ1v) is 8.35. The predicted molar refractivity (Wildman–Crippen MR) is 91.7 cm³/mol. The lowest BCUT2D eigenvalue weighted by molar-refractivity contribution is 0.0689. The normalized spacial score (nSPS) is 15.8. The molecule has 1 saturated heterocycles. The molecule has 6 heteroatoms. The van der Waals surface area contributed by atoms with Gasteiger partial charge < -0.3 is 15.2 Å². The summed E-state index contributed by atoms with van der Waals surface area (Å²) in [6.07, 6.45) is 3.07. The smallest absolute Gasteiger partial charge is 0.254 e. The maximum Gasteiger partial charge on any atom is 0.254 e. The number of piperidine rings is 1. The minimum atomic E-state index is -0.437. The highest BCUT2D eigenvalue weighted by atomic mass is 19.1. The number of rotatable bonds is 4. The Morgan fingerprint density at radius 1 is 1.33 bits per heavy atom. The minimum absolute atomic E-state index is 0.148. The molecule has 24 heavy (non-hydrogen) atoms. The third-order valence-corrected chi connectivity index (χ3v) is 4.74. The Hall–Kier alpha value is -2.21. The first kappa shape index (κ1) is 16.6. The monoisotopic (exact) mass is 331 g/mol. The van der Waals surface area contributed by atoms with Crippen molar-refractivity contribution in [1.82, 2.24) is 15.2 Å². The number of nitrogens with zero attached hydrogens (tertiary/aromatic N) is 1. The molecule has 2 aromatic rings. The first-order chi connectivity index (χ1) is 11.6. The number of aromatic nitrogens is 1. The lowest BCUT2D eigenvalue weighted by Gasteiger charge is -2.32. The molecule has 1 fully saturated rings. The van der Waals surface area contributed by atoms with E-state index in [2.05, 4.69) is 10.3 Å². The summed E-state index contributed by atoms with van der Waals surface area (Å²) >= 11 is 0. The van der Waals surface area contributed by atoms with Crippen molar-refractivity contribution in [2.45, 2.75) is 19.3 Å². The fourth-order valence-electron chi connectivity index (χ4n) is 3.35. The standard InChI is InChI=1S/C18H22FN3O2/c1-20-7-4-12-5-8-22(9-6-12)18(24)15-11-17(23)21-16-10-13(19)2-3-14(15)16/h2-3,10-12,20H,4-9H2,1H3,(H,21,23). The molecular weight excluding hydrogens is 309 g/mol. The van der Waals surface area contributed by atoms with Gasteiger partial charge in [0.1, 0.15) is 5.82 Å². The summed E-state index contributed by atoms with van der Waals surface area (Å²) in [6.45, 7) is 2.38. The summed E-state index contributed by atoms with van der Waals surface area (Å²) in [6, 6.07) is 5.42. The van der Waals surface area contributed by atoms with Crippen LogP contribution in [0.15, 0.2) is 29.1 Å². The van der Waals surface area contributed by atoms with Gasteiger partial charge in [0, 0.05) is 24.5 Å². The number of carbonyl (C=O) groups excluding carboxylic acids is 1. The number of pyridine rings is 1. The molecule has 128 valence electrons. The van der Waals surface area contributed by atoms with Gasteiger partial charge in [-0.2, -0.15) is 0 Å². The fraction of sp³-hybridized carbons (Fsp3) is 0.444. The number of nitrogens with one attached hydrogen (secondary N) is 2. The van der Waals surface area contributed by atoms with E-state index in [1.807, 2.05) is 7.05 Å². The number of amides is 1. The van der Waals surface area contributed by atoms with Crippen molar-refractivity contribution in [3.63, 3.8) is 0 Å². The van der Waals surface area contributed by atoms with E-state index < -0.39 is 5.82 Å². The maximum atomic E-state index is 13.4. The molecule has 1 aliphatic rings. The van der Waals surface area contributed by atoms with Crippen LogP contribution < -0.4 is 10.9 Å². The van der Waals surface area contributed by atoms with Crippen LogP contribution in [0.3, 0.4) is 0 Å². The molecule has 0 aliphatic carbocycles. The van der Waals surface area contributed by atoms with Gasteiger partial charge >= 0.3 is 0 Å². The van der Waals surface area contributed by atoms with Gasteiger partial charge in [0.05, 0.1) is 11.1 Å². The Kier molecular flexibility index (Phi) is 4.94. The fourth-order valence-corrected chi connectivity index (χ4v) is 3.35. The van der Waals surface area contributed by atoms with Gasteiger partial charge in [0.25, 0.3) is 5.91 Å². The van der Waals surface area contributed by atoms with Crippen LogP contribution in [-0.2, 0) is 0 Å². The van der Waals surface area contributed by atoms with Gasteiger partial charge in [0.2, 0.25) is 5.56 Å². The van der Waals surface area contributed by atoms with E-state index in [9.17, 15) is 14.0 Å². The first-order valence-electron chi connectivity index (χ1n) is 8.35. The molecule has 0 saturated carbocycles. The van der Waals surface area contributed by atoms with Gasteiger partial charge in [-0.3, -0.25) is 9.59 Å². The van der Waals surface area contributed by atoms with Crippen molar-refractivity contribution in [2.75, 3.05) is 26.7 Å². The van der Waals surface area contributed by atoms with Crippen LogP contribution >= 0.6 is 0 Å². The number of fused-ring (bicyclic) bond motifs is 1. The third kappa shape index (κ3) is 3.48. The second kappa shape index (κ2) is 7.13. The number of likely N-dealkylation sites (tertiary alicyclic amines) is 1. The average Bonchev–Trinajstić information content (AvgIpc) is 2.58. The molecule has 5 nitrogen and oxygen atoms in total. The molecule has 0 unspecified atom stereocenters. The van der Waals surface area contributed by atoms with Crippen molar-refractivity contribution in [3.8, 4) is 0 Å². The van der Waals surface area contributed by atoms with Gasteiger partial charge in [-0.15, -0.1) is 0 Å². The summed E-state index contributed by atoms with van der Waals surface area (Å²) in [5, 5.41) is 3.74. The minimum Gasteiger partial charge on any atom is -0.339 e. The van der Waals surface area contributed by atoms with E-state index in [1.165, 1.54) is 18.2 Å². The molecule has 0 spiro atoms. The molecule has 3 rings (SSSR count). The van der Waals surface area contributed by atoms with Crippen LogP contribution in [0.2, 0.25) is 0 Å². The molecule has 1 aliphatic heterocycles. The van der Waals surface area contributed by atoms with Gasteiger partial charge in [-0.25, -0.2) is 4.39 Å². The Bertz CT molecular complexity index is 794. The molecular formula is C18H22FN3O2. The zero-order valence-electron chi connectivity index (χ0n) is 13.8. The van der Waals surface area contributed by atoms with E-state index >= 15 is 0 Å². The van der Waals surface area contributed by atoms with Crippen LogP contribution in [0.4, 0.5) is 4.39 Å². The second-order valence-electron chi connectivity index (χ2n) is 6.36. The highest BCUT2D eigenvalue weighted by Gasteiger charge is 2.24. The Morgan fingerprint density at radius 2 is 2.08 bits per heavy atom. The molecule has 0 radical (unpaired) electrons. The number of H-pyrrole nitrogens is 1. The molecule has 0 atom stereocenters. The third-order valence-electron chi connectivity index (χ3n) is 4.74. The number of hydrogen-bond donors (Lipinski definition) is 2. The number of halogens is 1. The lowest BCUT2D eigenvalue weighted by atomic mass is 9.93. The highest BCUT2D eigenvalue weighted by molar-refractivity contribution is 6.06. The van der Waals surface area contributed by atoms with Crippen molar-refractivity contribution in [2.24, 2.45) is 5.92 Å². The van der Waals surface area contributed by atoms with E-state index in [-0.39, 0.29) is 11.5 Å². The number of hydrogen-bond acceptors (Lipinski definition) is 3. The van der Waals surface area contributed by atoms with E-state index in [4.69, 9.17) is 0 Å². The molecule has 1 amide bonds. The van der Waals surface area contributed by atoms with Crippen LogP contribution in [0.25, 0.3) is 10.9 Å². The second-order valence-corrected chi connectivity index (χ2v) is 6.36. The SMILES string of the molecule is CNCCC1CCN(C(=O)c2cc(=O)[nH]c3cc(F)ccc23)CC1. The van der Waals surface area contributed by atoms with Gasteiger partial charge in [-0.05, 0) is 57.0 Å². The van der Waals surface area contributed by atoms with Crippen LogP contribution in [-0.4, -0.2) is 42.5 Å². The van der Waals surface area contributed by atoms with Gasteiger partial charge in [0.15, 0.2) is 0 Å². The Balaban J connectivity index is 1.81. The molecule has 1 aromatic carbocycles. The van der Waals surface area contributed by atoms with Gasteiger partial charge in [-0.1, -0.05) is 0 Å². The van der Waals surface area contributed by atoms with Crippen molar-refractivity contribution >= 4 is 16.8 Å². The number of carbonyl (C=O) groups is 1. The predicted octanol–water partition coefficient (Wildman–Crippen LogP) is 2.13. The lowest BCUT2D eigenvalue weighted by Crippen LogP contribution is -2.39. The van der Waals surface area contributed by atoms with E-state index in [0.29, 0.717) is 35.5 Å². The summed E-state index contributed by atoms with van der Waals surface area (Å²) in [5.41, 5.74) is 0.317. The summed E-state index contributed by atoms with van der Waals surface area (Å²) in [4.78, 5) is 29.0. The number of aromatic amines is 1. The molecule has 2 N–H and O–H groups in total. The highest BCUT2D eigenvalue weighted by Crippen LogP contribution is 2.23. The Morgan fingerprint density at radius 3 is 2.79 bits per heavy atom. The Labute approximate surface area is 139 Å². The maximum absolute atomic E-state index is 13.4. The summed E-state index contributed by atoms with van der Waals surface area (Å²) in [5.74, 6) is 0.0457. The zero-order valence-corrected chi connectivity index (χ0v) is 13.8. The largest absolute Gasteiger partial charge is 0.339 e. The van der Waals surface area contributed by atoms with Crippen molar-refractivity contribution < 1.29 is 9.18 Å². The van der Waals surface area contributed by atoms with Crippen LogP contribution in [0.1, 0.15) is 29.6 Å². The summed E-state index contributed by atoms with van der Waals surface area (Å²) in [7, 11) is 1.94. The van der Waals surface area contributed by atoms with Crippen molar-refractivity contribution in [3.05, 3.63) is 46.0 Å². The van der Waals surface area contributed by atoms with E-state index in [0.717, 1.165) is 25.8 Å². The van der Waals surface area contributed by atoms with E-state index in [1.54, 1.807) is 11.0 Å². The molecule has 1 aromatic heterocycles. The average molecular weight is 331 g/mol. The zero-order chi connectivity index (χ0) is 17.1. The quantitative estimate of drug-likeness (QED) is 0.902. The summed E-state index contributed by atoms with van der Waals surface area (Å²) < 4.78 is 13.4. The molecule has 2 heterocycles. The van der Waals surface area contributed by atoms with Crippen LogP contribution in [0.5, 0.6) is 0 Å².